The van der Waals surface area contributed by atoms with Crippen LogP contribution in [0.25, 0.3) is 0 Å². The van der Waals surface area contributed by atoms with E-state index < -0.39 is 38.8 Å². The van der Waals surface area contributed by atoms with Gasteiger partial charge in [0.2, 0.25) is 0 Å². The maximum atomic E-state index is 12.7. The maximum Gasteiger partial charge on any atom is 0.259 e. The summed E-state index contributed by atoms with van der Waals surface area (Å²) in [6.45, 7) is 2.15. The Bertz CT molecular complexity index is 664. The molecule has 0 spiro atoms. The number of benzene rings is 1. The van der Waals surface area contributed by atoms with Gasteiger partial charge in [0.1, 0.15) is 5.82 Å². The number of halogens is 1. The second-order valence-corrected chi connectivity index (χ2v) is 7.58. The summed E-state index contributed by atoms with van der Waals surface area (Å²) in [5, 5.41) is 0. The van der Waals surface area contributed by atoms with Crippen molar-refractivity contribution in [3.8, 4) is 0 Å². The van der Waals surface area contributed by atoms with E-state index in [9.17, 15) is 22.4 Å². The first-order valence-electron chi connectivity index (χ1n) is 5.99. The van der Waals surface area contributed by atoms with Crippen LogP contribution in [0.15, 0.2) is 24.3 Å². The first-order chi connectivity index (χ1) is 9.16. The first-order valence-corrected chi connectivity index (χ1v) is 7.43. The SMILES string of the molecule is CC1(C)C(=O)N(CC(=O)Cc2ccc(F)cc2)S1(=O)=O. The van der Waals surface area contributed by atoms with E-state index in [0.29, 0.717) is 9.87 Å². The minimum absolute atomic E-state index is 0.0417. The predicted octanol–water partition coefficient (Wildman–Crippen LogP) is 0.888. The van der Waals surface area contributed by atoms with E-state index in [-0.39, 0.29) is 6.42 Å². The van der Waals surface area contributed by atoms with Crippen LogP contribution in [-0.4, -0.2) is 35.7 Å². The molecule has 0 atom stereocenters. The van der Waals surface area contributed by atoms with Crippen molar-refractivity contribution in [1.82, 2.24) is 4.31 Å². The zero-order valence-electron chi connectivity index (χ0n) is 11.1. The highest BCUT2D eigenvalue weighted by Gasteiger charge is 2.60. The summed E-state index contributed by atoms with van der Waals surface area (Å²) in [4.78, 5) is 23.5. The van der Waals surface area contributed by atoms with Crippen molar-refractivity contribution in [2.24, 2.45) is 0 Å². The normalized spacial score (nSPS) is 19.6. The summed E-state index contributed by atoms with van der Waals surface area (Å²) in [7, 11) is -3.74. The van der Waals surface area contributed by atoms with Gasteiger partial charge in [0, 0.05) is 6.42 Å². The van der Waals surface area contributed by atoms with E-state index in [1.165, 1.54) is 38.1 Å². The van der Waals surface area contributed by atoms with Crippen LogP contribution in [0.5, 0.6) is 0 Å². The van der Waals surface area contributed by atoms with Gasteiger partial charge in [-0.15, -0.1) is 0 Å². The Hall–Kier alpha value is -1.76. The van der Waals surface area contributed by atoms with Crippen LogP contribution in [0.4, 0.5) is 4.39 Å². The van der Waals surface area contributed by atoms with E-state index in [2.05, 4.69) is 0 Å². The van der Waals surface area contributed by atoms with Crippen LogP contribution >= 0.6 is 0 Å². The average molecular weight is 299 g/mol. The monoisotopic (exact) mass is 299 g/mol. The zero-order valence-corrected chi connectivity index (χ0v) is 11.9. The second-order valence-electron chi connectivity index (χ2n) is 5.17. The molecule has 7 heteroatoms. The molecule has 5 nitrogen and oxygen atoms in total. The molecule has 2 rings (SSSR count). The molecule has 0 aliphatic carbocycles. The van der Waals surface area contributed by atoms with Gasteiger partial charge in [-0.05, 0) is 31.5 Å². The number of carbonyl (C=O) groups is 2. The molecule has 0 aromatic heterocycles. The smallest absolute Gasteiger partial charge is 0.259 e. The lowest BCUT2D eigenvalue weighted by molar-refractivity contribution is -0.135. The van der Waals surface area contributed by atoms with Crippen molar-refractivity contribution in [1.29, 1.82) is 0 Å². The molecule has 0 radical (unpaired) electrons. The van der Waals surface area contributed by atoms with Gasteiger partial charge in [-0.1, -0.05) is 12.1 Å². The Kier molecular flexibility index (Phi) is 3.41. The van der Waals surface area contributed by atoms with Crippen LogP contribution in [0.3, 0.4) is 0 Å². The fourth-order valence-electron chi connectivity index (χ4n) is 1.96. The fraction of sp³-hybridized carbons (Fsp3) is 0.385. The summed E-state index contributed by atoms with van der Waals surface area (Å²) in [6, 6.07) is 5.34. The number of rotatable bonds is 4. The lowest BCUT2D eigenvalue weighted by Crippen LogP contribution is -2.68. The summed E-state index contributed by atoms with van der Waals surface area (Å²) < 4.78 is 35.5. The Labute approximate surface area is 116 Å². The number of nitrogens with zero attached hydrogens (tertiary/aromatic N) is 1. The molecule has 1 fully saturated rings. The van der Waals surface area contributed by atoms with Crippen LogP contribution < -0.4 is 0 Å². The largest absolute Gasteiger partial charge is 0.297 e. The number of sulfonamides is 1. The molecule has 1 saturated heterocycles. The number of Topliss-reactive ketones (excluding diaryl/α,β-unsaturated/α-hetero) is 1. The number of ketones is 1. The van der Waals surface area contributed by atoms with Gasteiger partial charge in [0.05, 0.1) is 6.54 Å². The van der Waals surface area contributed by atoms with Crippen molar-refractivity contribution in [2.45, 2.75) is 25.0 Å². The first kappa shape index (κ1) is 14.6. The average Bonchev–Trinajstić information content (AvgIpc) is 2.37. The van der Waals surface area contributed by atoms with E-state index >= 15 is 0 Å². The lowest BCUT2D eigenvalue weighted by atomic mass is 10.1. The summed E-state index contributed by atoms with van der Waals surface area (Å²) >= 11 is 0. The molecule has 0 saturated carbocycles. The highest BCUT2D eigenvalue weighted by molar-refractivity contribution is 7.94. The van der Waals surface area contributed by atoms with Gasteiger partial charge in [-0.3, -0.25) is 9.59 Å². The maximum absolute atomic E-state index is 12.7. The van der Waals surface area contributed by atoms with Crippen LogP contribution in [-0.2, 0) is 26.0 Å². The molecule has 1 aromatic carbocycles. The van der Waals surface area contributed by atoms with Crippen LogP contribution in [0.2, 0.25) is 0 Å². The summed E-state index contributed by atoms with van der Waals surface area (Å²) in [5.41, 5.74) is 0.570. The van der Waals surface area contributed by atoms with Crippen molar-refractivity contribution in [3.63, 3.8) is 0 Å². The van der Waals surface area contributed by atoms with Crippen molar-refractivity contribution < 1.29 is 22.4 Å². The summed E-state index contributed by atoms with van der Waals surface area (Å²) in [6.07, 6.45) is -0.0417. The zero-order chi connectivity index (χ0) is 15.1. The van der Waals surface area contributed by atoms with E-state index in [4.69, 9.17) is 0 Å². The Morgan fingerprint density at radius 2 is 1.80 bits per heavy atom. The van der Waals surface area contributed by atoms with Gasteiger partial charge >= 0.3 is 0 Å². The fourth-order valence-corrected chi connectivity index (χ4v) is 3.47. The van der Waals surface area contributed by atoms with Crippen LogP contribution in [0, 0.1) is 5.82 Å². The van der Waals surface area contributed by atoms with Crippen molar-refractivity contribution in [2.75, 3.05) is 6.54 Å². The molecule has 0 unspecified atom stereocenters. The third kappa shape index (κ3) is 2.22. The van der Waals surface area contributed by atoms with Gasteiger partial charge in [0.15, 0.2) is 10.5 Å². The molecular formula is C13H14FNO4S. The van der Waals surface area contributed by atoms with E-state index in [0.717, 1.165) is 0 Å². The Morgan fingerprint density at radius 1 is 1.25 bits per heavy atom. The second kappa shape index (κ2) is 4.66. The third-order valence-electron chi connectivity index (χ3n) is 3.31. The Balaban J connectivity index is 2.03. The number of amides is 1. The molecule has 1 heterocycles. The molecule has 0 bridgehead atoms. The molecule has 0 N–H and O–H groups in total. The van der Waals surface area contributed by atoms with Gasteiger partial charge in [0.25, 0.3) is 15.9 Å². The molecule has 1 aliphatic rings. The lowest BCUT2D eigenvalue weighted by Gasteiger charge is -2.42. The topological polar surface area (TPSA) is 71.5 Å². The van der Waals surface area contributed by atoms with Gasteiger partial charge in [-0.2, -0.15) is 0 Å². The number of hydrogen-bond acceptors (Lipinski definition) is 4. The van der Waals surface area contributed by atoms with E-state index in [1.54, 1.807) is 0 Å². The molecule has 20 heavy (non-hydrogen) atoms. The third-order valence-corrected chi connectivity index (χ3v) is 5.65. The summed E-state index contributed by atoms with van der Waals surface area (Å²) in [5.74, 6) is -1.41. The van der Waals surface area contributed by atoms with Crippen LogP contribution in [0.1, 0.15) is 19.4 Å². The standard InChI is InChI=1S/C13H14FNO4S/c1-13(2)12(17)15(20(13,18)19)8-11(16)7-9-3-5-10(14)6-4-9/h3-6H,7-8H2,1-2H3. The molecule has 1 aromatic rings. The van der Waals surface area contributed by atoms with Crippen molar-refractivity contribution >= 4 is 21.7 Å². The minimum atomic E-state index is -3.74. The molecule has 108 valence electrons. The molecule has 1 aliphatic heterocycles. The quantitative estimate of drug-likeness (QED) is 0.827. The van der Waals surface area contributed by atoms with Crippen molar-refractivity contribution in [3.05, 3.63) is 35.6 Å². The van der Waals surface area contributed by atoms with E-state index in [1.807, 2.05) is 0 Å². The number of hydrogen-bond donors (Lipinski definition) is 0. The highest BCUT2D eigenvalue weighted by Crippen LogP contribution is 2.34. The number of carbonyl (C=O) groups excluding carboxylic acids is 2. The minimum Gasteiger partial charge on any atom is -0.297 e. The molecule has 1 amide bonds. The highest BCUT2D eigenvalue weighted by atomic mass is 32.2. The Morgan fingerprint density at radius 3 is 2.30 bits per heavy atom. The van der Waals surface area contributed by atoms with Gasteiger partial charge < -0.3 is 0 Å². The predicted molar refractivity (Wildman–Crippen MR) is 69.8 cm³/mol. The van der Waals surface area contributed by atoms with Gasteiger partial charge in [-0.25, -0.2) is 17.1 Å². The molecular weight excluding hydrogens is 285 g/mol.